The highest BCUT2D eigenvalue weighted by Crippen LogP contribution is 2.48. The van der Waals surface area contributed by atoms with Gasteiger partial charge in [-0.15, -0.1) is 0 Å². The molecule has 1 rings (SSSR count). The lowest BCUT2D eigenvalue weighted by Crippen LogP contribution is -2.35. The van der Waals surface area contributed by atoms with Crippen molar-refractivity contribution in [3.05, 3.63) is 36.5 Å². The third kappa shape index (κ3) is 2.48. The predicted molar refractivity (Wildman–Crippen MR) is 73.4 cm³/mol. The minimum Gasteiger partial charge on any atom is -0.0988 e. The van der Waals surface area contributed by atoms with Gasteiger partial charge in [0.15, 0.2) is 0 Å². The van der Waals surface area contributed by atoms with Crippen LogP contribution in [0.25, 0.3) is 0 Å². The molecule has 0 aromatic heterocycles. The van der Waals surface area contributed by atoms with E-state index in [4.69, 9.17) is 0 Å². The van der Waals surface area contributed by atoms with E-state index in [1.165, 1.54) is 18.4 Å². The molecule has 0 nitrogen and oxygen atoms in total. The molecule has 0 spiro atoms. The Hall–Kier alpha value is -0.780. The molecule has 0 N–H and O–H groups in total. The van der Waals surface area contributed by atoms with E-state index in [0.29, 0.717) is 11.3 Å². The maximum Gasteiger partial charge on any atom is -0.0178 e. The first kappa shape index (κ1) is 13.3. The van der Waals surface area contributed by atoms with Gasteiger partial charge in [-0.3, -0.25) is 0 Å². The zero-order valence-electron chi connectivity index (χ0n) is 11.3. The topological polar surface area (TPSA) is 0 Å². The summed E-state index contributed by atoms with van der Waals surface area (Å²) in [5, 5.41) is 0. The van der Waals surface area contributed by atoms with E-state index < -0.39 is 0 Å². The molecule has 0 radical (unpaired) electrons. The lowest BCUT2D eigenvalue weighted by molar-refractivity contribution is 0.112. The van der Waals surface area contributed by atoms with Gasteiger partial charge in [0.1, 0.15) is 0 Å². The molecular formula is C16H26. The van der Waals surface area contributed by atoms with Crippen LogP contribution < -0.4 is 0 Å². The maximum absolute atomic E-state index is 4.03. The van der Waals surface area contributed by atoms with E-state index in [9.17, 15) is 0 Å². The summed E-state index contributed by atoms with van der Waals surface area (Å²) in [5.41, 5.74) is 3.16. The van der Waals surface area contributed by atoms with E-state index in [0.717, 1.165) is 12.3 Å². The highest BCUT2D eigenvalue weighted by atomic mass is 14.4. The lowest BCUT2D eigenvalue weighted by Gasteiger charge is -2.45. The molecule has 0 aliphatic heterocycles. The molecule has 0 heterocycles. The Labute approximate surface area is 101 Å². The summed E-state index contributed by atoms with van der Waals surface area (Å²) in [6, 6.07) is 0. The van der Waals surface area contributed by atoms with Crippen molar-refractivity contribution in [2.75, 3.05) is 0 Å². The van der Waals surface area contributed by atoms with Gasteiger partial charge in [0.05, 0.1) is 0 Å². The van der Waals surface area contributed by atoms with Crippen LogP contribution in [0.5, 0.6) is 0 Å². The summed E-state index contributed by atoms with van der Waals surface area (Å²) >= 11 is 0. The van der Waals surface area contributed by atoms with Crippen LogP contribution in [0, 0.1) is 17.3 Å². The van der Waals surface area contributed by atoms with Gasteiger partial charge in [-0.05, 0) is 43.4 Å². The third-order valence-corrected chi connectivity index (χ3v) is 4.86. The molecule has 0 aromatic rings. The fraction of sp³-hybridized carbons (Fsp3) is 0.625. The van der Waals surface area contributed by atoms with Gasteiger partial charge >= 0.3 is 0 Å². The van der Waals surface area contributed by atoms with Gasteiger partial charge in [-0.1, -0.05) is 57.2 Å². The van der Waals surface area contributed by atoms with Gasteiger partial charge in [-0.25, -0.2) is 0 Å². The van der Waals surface area contributed by atoms with Crippen molar-refractivity contribution in [3.63, 3.8) is 0 Å². The van der Waals surface area contributed by atoms with Gasteiger partial charge in [0, 0.05) is 0 Å². The van der Waals surface area contributed by atoms with Crippen molar-refractivity contribution in [2.45, 2.75) is 47.0 Å². The highest BCUT2D eigenvalue weighted by Gasteiger charge is 2.38. The zero-order valence-corrected chi connectivity index (χ0v) is 11.3. The maximum atomic E-state index is 4.03. The first-order valence-electron chi connectivity index (χ1n) is 6.38. The van der Waals surface area contributed by atoms with Crippen LogP contribution in [0.3, 0.4) is 0 Å². The molecule has 1 aliphatic carbocycles. The molecular weight excluding hydrogens is 192 g/mol. The Morgan fingerprint density at radius 3 is 2.75 bits per heavy atom. The monoisotopic (exact) mass is 218 g/mol. The summed E-state index contributed by atoms with van der Waals surface area (Å²) in [6.07, 6.45) is 7.85. The minimum atomic E-state index is 0.421. The molecule has 0 heteroatoms. The van der Waals surface area contributed by atoms with Crippen LogP contribution in [0.15, 0.2) is 36.5 Å². The molecule has 1 aliphatic rings. The lowest BCUT2D eigenvalue weighted by atomic mass is 9.60. The van der Waals surface area contributed by atoms with Gasteiger partial charge in [0.2, 0.25) is 0 Å². The second-order valence-corrected chi connectivity index (χ2v) is 5.67. The summed E-state index contributed by atoms with van der Waals surface area (Å²) in [6.45, 7) is 17.3. The quantitative estimate of drug-likeness (QED) is 0.453. The normalized spacial score (nSPS) is 34.4. The van der Waals surface area contributed by atoms with Gasteiger partial charge in [0.25, 0.3) is 0 Å². The standard InChI is InChI=1S/C16H26/c1-7-12(2)10-11-16(6)14(4)9-8-13(3)15(16)5/h7-8,14-15H,1-2,9-11H2,3-6H3/t14-,15+,16+/m0/s1. The summed E-state index contributed by atoms with van der Waals surface area (Å²) < 4.78 is 0. The fourth-order valence-electron chi connectivity index (χ4n) is 2.75. The second-order valence-electron chi connectivity index (χ2n) is 5.67. The fourth-order valence-corrected chi connectivity index (χ4v) is 2.75. The van der Waals surface area contributed by atoms with E-state index in [2.05, 4.69) is 46.9 Å². The van der Waals surface area contributed by atoms with Crippen molar-refractivity contribution in [1.82, 2.24) is 0 Å². The molecule has 0 aromatic carbocycles. The van der Waals surface area contributed by atoms with Crippen LogP contribution in [-0.2, 0) is 0 Å². The molecule has 16 heavy (non-hydrogen) atoms. The second kappa shape index (κ2) is 5.03. The molecule has 90 valence electrons. The third-order valence-electron chi connectivity index (χ3n) is 4.86. The molecule has 0 saturated heterocycles. The Morgan fingerprint density at radius 1 is 1.56 bits per heavy atom. The van der Waals surface area contributed by atoms with Crippen molar-refractivity contribution >= 4 is 0 Å². The molecule has 0 unspecified atom stereocenters. The van der Waals surface area contributed by atoms with Gasteiger partial charge in [-0.2, -0.15) is 0 Å². The predicted octanol–water partition coefficient (Wildman–Crippen LogP) is 5.14. The van der Waals surface area contributed by atoms with Gasteiger partial charge < -0.3 is 0 Å². The van der Waals surface area contributed by atoms with Crippen LogP contribution in [-0.4, -0.2) is 0 Å². The first-order valence-corrected chi connectivity index (χ1v) is 6.38. The van der Waals surface area contributed by atoms with Crippen molar-refractivity contribution in [1.29, 1.82) is 0 Å². The van der Waals surface area contributed by atoms with Crippen LogP contribution >= 0.6 is 0 Å². The minimum absolute atomic E-state index is 0.421. The van der Waals surface area contributed by atoms with E-state index in [1.54, 1.807) is 5.57 Å². The first-order chi connectivity index (χ1) is 7.41. The van der Waals surface area contributed by atoms with E-state index in [1.807, 2.05) is 6.08 Å². The smallest absolute Gasteiger partial charge is 0.0178 e. The summed E-state index contributed by atoms with van der Waals surface area (Å²) in [5.74, 6) is 1.46. The van der Waals surface area contributed by atoms with Crippen molar-refractivity contribution in [3.8, 4) is 0 Å². The van der Waals surface area contributed by atoms with Crippen LogP contribution in [0.1, 0.15) is 47.0 Å². The Bertz CT molecular complexity index is 308. The number of hydrogen-bond donors (Lipinski definition) is 0. The Morgan fingerprint density at radius 2 is 2.19 bits per heavy atom. The number of allylic oxidation sites excluding steroid dienone is 4. The number of hydrogen-bond acceptors (Lipinski definition) is 0. The number of rotatable bonds is 4. The molecule has 0 bridgehead atoms. The summed E-state index contributed by atoms with van der Waals surface area (Å²) in [7, 11) is 0. The Kier molecular flexibility index (Phi) is 4.18. The largest absolute Gasteiger partial charge is 0.0988 e. The summed E-state index contributed by atoms with van der Waals surface area (Å²) in [4.78, 5) is 0. The highest BCUT2D eigenvalue weighted by molar-refractivity contribution is 5.16. The average Bonchev–Trinajstić information content (AvgIpc) is 2.29. The molecule has 0 fully saturated rings. The van der Waals surface area contributed by atoms with Crippen LogP contribution in [0.4, 0.5) is 0 Å². The van der Waals surface area contributed by atoms with Crippen LogP contribution in [0.2, 0.25) is 0 Å². The molecule has 0 saturated carbocycles. The van der Waals surface area contributed by atoms with E-state index >= 15 is 0 Å². The van der Waals surface area contributed by atoms with Crippen molar-refractivity contribution < 1.29 is 0 Å². The molecule has 3 atom stereocenters. The van der Waals surface area contributed by atoms with Crippen molar-refractivity contribution in [2.24, 2.45) is 17.3 Å². The SMILES string of the molecule is C=CC(=C)CC[C@@]1(C)[C@H](C)C(C)=CC[C@@H]1C. The zero-order chi connectivity index (χ0) is 12.3. The molecule has 0 amide bonds. The average molecular weight is 218 g/mol. The van der Waals surface area contributed by atoms with E-state index in [-0.39, 0.29) is 0 Å². The Balaban J connectivity index is 2.77.